The fourth-order valence-electron chi connectivity index (χ4n) is 2.54. The van der Waals surface area contributed by atoms with Crippen molar-refractivity contribution in [3.8, 4) is 5.75 Å². The summed E-state index contributed by atoms with van der Waals surface area (Å²) in [6.07, 6.45) is 0. The normalized spacial score (nSPS) is 11.9. The van der Waals surface area contributed by atoms with Crippen molar-refractivity contribution in [3.05, 3.63) is 63.7 Å². The predicted molar refractivity (Wildman–Crippen MR) is 100 cm³/mol. The first-order valence-electron chi connectivity index (χ1n) is 8.21. The van der Waals surface area contributed by atoms with Crippen molar-refractivity contribution in [2.24, 2.45) is 0 Å². The van der Waals surface area contributed by atoms with Gasteiger partial charge in [0.25, 0.3) is 5.69 Å². The Hall–Kier alpha value is -2.93. The number of anilines is 1. The molecule has 0 bridgehead atoms. The first-order chi connectivity index (χ1) is 12.3. The number of methoxy groups -OCH3 is 1. The Balaban J connectivity index is 2.12. The Labute approximate surface area is 152 Å². The average Bonchev–Trinajstić information content (AvgIpc) is 2.62. The SMILES string of the molecule is COc1ccc([N+](=O)[O-])cc1NC(=O)C(C)N(C)Cc1ccccc1C. The second-order valence-corrected chi connectivity index (χ2v) is 6.15. The second kappa shape index (κ2) is 8.44. The molecule has 0 saturated heterocycles. The van der Waals surface area contributed by atoms with Gasteiger partial charge in [-0.25, -0.2) is 0 Å². The van der Waals surface area contributed by atoms with Gasteiger partial charge in [0.05, 0.1) is 23.8 Å². The van der Waals surface area contributed by atoms with Crippen molar-refractivity contribution in [1.82, 2.24) is 4.90 Å². The molecule has 7 heteroatoms. The molecule has 0 spiro atoms. The molecule has 0 heterocycles. The Morgan fingerprint density at radius 2 is 2.00 bits per heavy atom. The largest absolute Gasteiger partial charge is 0.495 e. The maximum Gasteiger partial charge on any atom is 0.271 e. The number of benzene rings is 2. The van der Waals surface area contributed by atoms with E-state index >= 15 is 0 Å². The summed E-state index contributed by atoms with van der Waals surface area (Å²) in [5.41, 5.74) is 2.47. The van der Waals surface area contributed by atoms with Gasteiger partial charge in [-0.15, -0.1) is 0 Å². The van der Waals surface area contributed by atoms with E-state index in [0.29, 0.717) is 12.3 Å². The highest BCUT2D eigenvalue weighted by atomic mass is 16.6. The van der Waals surface area contributed by atoms with Crippen LogP contribution >= 0.6 is 0 Å². The topological polar surface area (TPSA) is 84.7 Å². The van der Waals surface area contributed by atoms with Gasteiger partial charge in [-0.2, -0.15) is 0 Å². The highest BCUT2D eigenvalue weighted by Crippen LogP contribution is 2.29. The number of amides is 1. The summed E-state index contributed by atoms with van der Waals surface area (Å²) >= 11 is 0. The molecule has 0 aliphatic heterocycles. The molecule has 2 aromatic rings. The van der Waals surface area contributed by atoms with Crippen LogP contribution in [-0.2, 0) is 11.3 Å². The average molecular weight is 357 g/mol. The Morgan fingerprint density at radius 1 is 1.31 bits per heavy atom. The number of nitrogens with zero attached hydrogens (tertiary/aromatic N) is 2. The molecule has 138 valence electrons. The van der Waals surface area contributed by atoms with Gasteiger partial charge in [0.15, 0.2) is 0 Å². The number of rotatable bonds is 7. The number of non-ortho nitro benzene ring substituents is 1. The molecule has 7 nitrogen and oxygen atoms in total. The molecule has 0 radical (unpaired) electrons. The number of nitro benzene ring substituents is 1. The predicted octanol–water partition coefficient (Wildman–Crippen LogP) is 3.37. The fraction of sp³-hybridized carbons (Fsp3) is 0.316. The molecule has 1 unspecified atom stereocenters. The molecule has 1 amide bonds. The summed E-state index contributed by atoms with van der Waals surface area (Å²) in [4.78, 5) is 25.0. The van der Waals surface area contributed by atoms with Crippen LogP contribution in [0.4, 0.5) is 11.4 Å². The molecular weight excluding hydrogens is 334 g/mol. The van der Waals surface area contributed by atoms with Crippen molar-refractivity contribution < 1.29 is 14.5 Å². The van der Waals surface area contributed by atoms with Gasteiger partial charge in [0, 0.05) is 18.7 Å². The van der Waals surface area contributed by atoms with Gasteiger partial charge in [0.2, 0.25) is 5.91 Å². The number of carbonyl (C=O) groups is 1. The lowest BCUT2D eigenvalue weighted by atomic mass is 10.1. The van der Waals surface area contributed by atoms with Crippen LogP contribution in [0.2, 0.25) is 0 Å². The quantitative estimate of drug-likeness (QED) is 0.607. The van der Waals surface area contributed by atoms with Crippen LogP contribution in [0.5, 0.6) is 5.75 Å². The zero-order valence-corrected chi connectivity index (χ0v) is 15.4. The van der Waals surface area contributed by atoms with E-state index in [9.17, 15) is 14.9 Å². The van der Waals surface area contributed by atoms with E-state index in [0.717, 1.165) is 11.1 Å². The van der Waals surface area contributed by atoms with E-state index in [4.69, 9.17) is 4.74 Å². The maximum atomic E-state index is 12.6. The summed E-state index contributed by atoms with van der Waals surface area (Å²) < 4.78 is 5.18. The summed E-state index contributed by atoms with van der Waals surface area (Å²) in [5, 5.41) is 13.7. The lowest BCUT2D eigenvalue weighted by Gasteiger charge is -2.25. The lowest BCUT2D eigenvalue weighted by Crippen LogP contribution is -2.39. The molecule has 0 saturated carbocycles. The van der Waals surface area contributed by atoms with Crippen LogP contribution in [0.25, 0.3) is 0 Å². The first-order valence-corrected chi connectivity index (χ1v) is 8.21. The molecule has 0 aliphatic rings. The molecule has 26 heavy (non-hydrogen) atoms. The first kappa shape index (κ1) is 19.4. The number of aryl methyl sites for hydroxylation is 1. The van der Waals surface area contributed by atoms with Crippen LogP contribution in [0.15, 0.2) is 42.5 Å². The number of hydrogen-bond donors (Lipinski definition) is 1. The van der Waals surface area contributed by atoms with Gasteiger partial charge in [-0.3, -0.25) is 19.8 Å². The fourth-order valence-corrected chi connectivity index (χ4v) is 2.54. The number of ether oxygens (including phenoxy) is 1. The van der Waals surface area contributed by atoms with Gasteiger partial charge in [-0.1, -0.05) is 24.3 Å². The van der Waals surface area contributed by atoms with Crippen molar-refractivity contribution in [3.63, 3.8) is 0 Å². The molecule has 1 N–H and O–H groups in total. The lowest BCUT2D eigenvalue weighted by molar-refractivity contribution is -0.384. The van der Waals surface area contributed by atoms with Crippen LogP contribution in [0.3, 0.4) is 0 Å². The van der Waals surface area contributed by atoms with Crippen molar-refractivity contribution in [1.29, 1.82) is 0 Å². The van der Waals surface area contributed by atoms with E-state index in [1.165, 1.54) is 25.3 Å². The van der Waals surface area contributed by atoms with Crippen LogP contribution in [0, 0.1) is 17.0 Å². The zero-order chi connectivity index (χ0) is 19.3. The molecule has 0 fully saturated rings. The van der Waals surface area contributed by atoms with Crippen LogP contribution < -0.4 is 10.1 Å². The second-order valence-electron chi connectivity index (χ2n) is 6.15. The highest BCUT2D eigenvalue weighted by molar-refractivity contribution is 5.96. The summed E-state index contributed by atoms with van der Waals surface area (Å²) in [5.74, 6) is 0.109. The molecular formula is C19H23N3O4. The van der Waals surface area contributed by atoms with E-state index in [1.54, 1.807) is 6.92 Å². The van der Waals surface area contributed by atoms with Crippen molar-refractivity contribution in [2.45, 2.75) is 26.4 Å². The van der Waals surface area contributed by atoms with Crippen molar-refractivity contribution >= 4 is 17.3 Å². The highest BCUT2D eigenvalue weighted by Gasteiger charge is 2.21. The number of likely N-dealkylation sites (N-methyl/N-ethyl adjacent to an activating group) is 1. The van der Waals surface area contributed by atoms with Gasteiger partial charge in [-0.05, 0) is 38.1 Å². The third-order valence-corrected chi connectivity index (χ3v) is 4.37. The summed E-state index contributed by atoms with van der Waals surface area (Å²) in [6, 6.07) is 11.7. The maximum absolute atomic E-state index is 12.6. The van der Waals surface area contributed by atoms with Crippen LogP contribution in [0.1, 0.15) is 18.1 Å². The van der Waals surface area contributed by atoms with E-state index in [-0.39, 0.29) is 17.3 Å². The standard InChI is InChI=1S/C19H23N3O4/c1-13-7-5-6-8-15(13)12-21(3)14(2)19(23)20-17-11-16(22(24)25)9-10-18(17)26-4/h5-11,14H,12H2,1-4H3,(H,20,23). The molecule has 1 atom stereocenters. The summed E-state index contributed by atoms with van der Waals surface area (Å²) in [7, 11) is 3.31. The Bertz CT molecular complexity index is 807. The van der Waals surface area contributed by atoms with E-state index < -0.39 is 11.0 Å². The number of carbonyl (C=O) groups excluding carboxylic acids is 1. The molecule has 0 aromatic heterocycles. The minimum atomic E-state index is -0.511. The number of nitro groups is 1. The van der Waals surface area contributed by atoms with Crippen LogP contribution in [-0.4, -0.2) is 35.9 Å². The summed E-state index contributed by atoms with van der Waals surface area (Å²) in [6.45, 7) is 4.44. The molecule has 2 aromatic carbocycles. The van der Waals surface area contributed by atoms with E-state index in [2.05, 4.69) is 5.32 Å². The smallest absolute Gasteiger partial charge is 0.271 e. The van der Waals surface area contributed by atoms with Gasteiger partial charge < -0.3 is 10.1 Å². The monoisotopic (exact) mass is 357 g/mol. The molecule has 2 rings (SSSR count). The van der Waals surface area contributed by atoms with E-state index in [1.807, 2.05) is 43.1 Å². The van der Waals surface area contributed by atoms with Gasteiger partial charge in [0.1, 0.15) is 5.75 Å². The Morgan fingerprint density at radius 3 is 2.62 bits per heavy atom. The Kier molecular flexibility index (Phi) is 6.30. The third kappa shape index (κ3) is 4.58. The number of nitrogens with one attached hydrogen (secondary N) is 1. The van der Waals surface area contributed by atoms with Gasteiger partial charge >= 0.3 is 0 Å². The minimum Gasteiger partial charge on any atom is -0.495 e. The third-order valence-electron chi connectivity index (χ3n) is 4.37. The van der Waals surface area contributed by atoms with Crippen molar-refractivity contribution in [2.75, 3.05) is 19.5 Å². The minimum absolute atomic E-state index is 0.109. The number of hydrogen-bond acceptors (Lipinski definition) is 5. The molecule has 0 aliphatic carbocycles. The zero-order valence-electron chi connectivity index (χ0n) is 15.4.